The van der Waals surface area contributed by atoms with E-state index in [1.54, 1.807) is 5.38 Å². The number of rotatable bonds is 4. The van der Waals surface area contributed by atoms with E-state index in [0.29, 0.717) is 11.6 Å². The lowest BCUT2D eigenvalue weighted by Gasteiger charge is -2.24. The summed E-state index contributed by atoms with van der Waals surface area (Å²) in [6, 6.07) is 0. The van der Waals surface area contributed by atoms with Gasteiger partial charge in [0.15, 0.2) is 5.13 Å². The topological polar surface area (TPSA) is 45.1 Å². The molecule has 1 rings (SSSR count). The maximum Gasteiger partial charge on any atom is 0.184 e. The molecule has 0 saturated carbocycles. The molecule has 13 heavy (non-hydrogen) atoms. The third kappa shape index (κ3) is 3.50. The van der Waals surface area contributed by atoms with Gasteiger partial charge in [-0.3, -0.25) is 0 Å². The van der Waals surface area contributed by atoms with E-state index in [2.05, 4.69) is 10.3 Å². The molecule has 0 unspecified atom stereocenters. The van der Waals surface area contributed by atoms with E-state index in [1.807, 2.05) is 13.8 Å². The second-order valence-electron chi connectivity index (χ2n) is 3.46. The summed E-state index contributed by atoms with van der Waals surface area (Å²) in [5.41, 5.74) is -0.143. The van der Waals surface area contributed by atoms with E-state index in [4.69, 9.17) is 16.7 Å². The number of nitrogens with one attached hydrogen (secondary N) is 1. The normalized spacial score (nSPS) is 11.7. The number of hydrogen-bond acceptors (Lipinski definition) is 4. The van der Waals surface area contributed by atoms with E-state index in [9.17, 15) is 0 Å². The first-order valence-corrected chi connectivity index (χ1v) is 5.29. The van der Waals surface area contributed by atoms with Crippen LogP contribution in [-0.4, -0.2) is 22.2 Å². The number of anilines is 1. The summed E-state index contributed by atoms with van der Waals surface area (Å²) in [4.78, 5) is 4.07. The van der Waals surface area contributed by atoms with Gasteiger partial charge in [-0.1, -0.05) is 11.6 Å². The smallest absolute Gasteiger partial charge is 0.184 e. The van der Waals surface area contributed by atoms with Gasteiger partial charge in [-0.15, -0.1) is 11.3 Å². The van der Waals surface area contributed by atoms with Gasteiger partial charge in [0.25, 0.3) is 0 Å². The molecule has 0 radical (unpaired) electrons. The van der Waals surface area contributed by atoms with Crippen LogP contribution in [0.5, 0.6) is 0 Å². The summed E-state index contributed by atoms with van der Waals surface area (Å²) in [5, 5.41) is 15.1. The highest BCUT2D eigenvalue weighted by molar-refractivity contribution is 7.14. The fourth-order valence-corrected chi connectivity index (χ4v) is 1.96. The van der Waals surface area contributed by atoms with E-state index >= 15 is 0 Å². The third-order valence-corrected chi connectivity index (χ3v) is 2.74. The zero-order valence-corrected chi connectivity index (χ0v) is 9.24. The van der Waals surface area contributed by atoms with E-state index in [1.165, 1.54) is 11.3 Å². The van der Waals surface area contributed by atoms with Gasteiger partial charge in [0, 0.05) is 17.5 Å². The molecule has 0 aliphatic heterocycles. The zero-order valence-electron chi connectivity index (χ0n) is 7.67. The number of hydrogen-bond donors (Lipinski definition) is 2. The van der Waals surface area contributed by atoms with Crippen LogP contribution in [0.4, 0.5) is 5.13 Å². The van der Waals surface area contributed by atoms with Gasteiger partial charge in [0.05, 0.1) is 0 Å². The number of nitrogens with zero attached hydrogens (tertiary/aromatic N) is 1. The van der Waals surface area contributed by atoms with Crippen LogP contribution < -0.4 is 5.32 Å². The Bertz CT molecular complexity index is 275. The molecule has 0 fully saturated rings. The van der Waals surface area contributed by atoms with Crippen molar-refractivity contribution in [2.24, 2.45) is 0 Å². The van der Waals surface area contributed by atoms with Crippen molar-refractivity contribution in [1.82, 2.24) is 4.98 Å². The SMILES string of the molecule is CC(C)(CCO)Nc1nc(Cl)cs1. The number of thiazole rings is 1. The average molecular weight is 221 g/mol. The molecular formula is C8H13ClN2OS. The summed E-state index contributed by atoms with van der Waals surface area (Å²) < 4.78 is 0. The molecule has 5 heteroatoms. The molecule has 0 aliphatic rings. The standard InChI is InChI=1S/C8H13ClN2OS/c1-8(2,3-4-12)11-7-10-6(9)5-13-7/h5,12H,3-4H2,1-2H3,(H,10,11). The van der Waals surface area contributed by atoms with Crippen molar-refractivity contribution >= 4 is 28.1 Å². The molecule has 0 aromatic carbocycles. The van der Waals surface area contributed by atoms with Crippen molar-refractivity contribution in [3.05, 3.63) is 10.5 Å². The molecule has 0 amide bonds. The zero-order chi connectivity index (χ0) is 9.90. The van der Waals surface area contributed by atoms with E-state index < -0.39 is 0 Å². The summed E-state index contributed by atoms with van der Waals surface area (Å²) in [5.74, 6) is 0. The van der Waals surface area contributed by atoms with Crippen LogP contribution >= 0.6 is 22.9 Å². The minimum atomic E-state index is -0.143. The summed E-state index contributed by atoms with van der Waals surface area (Å²) in [6.45, 7) is 4.19. The Morgan fingerprint density at radius 3 is 2.85 bits per heavy atom. The lowest BCUT2D eigenvalue weighted by molar-refractivity contribution is 0.261. The minimum absolute atomic E-state index is 0.143. The van der Waals surface area contributed by atoms with Crippen LogP contribution in [0.1, 0.15) is 20.3 Å². The number of halogens is 1. The fourth-order valence-electron chi connectivity index (χ4n) is 0.943. The van der Waals surface area contributed by atoms with Crippen LogP contribution in [0.25, 0.3) is 0 Å². The molecule has 74 valence electrons. The summed E-state index contributed by atoms with van der Waals surface area (Å²) in [6.07, 6.45) is 0.685. The highest BCUT2D eigenvalue weighted by Crippen LogP contribution is 2.23. The summed E-state index contributed by atoms with van der Waals surface area (Å²) >= 11 is 7.14. The monoisotopic (exact) mass is 220 g/mol. The maximum absolute atomic E-state index is 8.80. The first kappa shape index (κ1) is 10.8. The molecule has 0 aliphatic carbocycles. The van der Waals surface area contributed by atoms with Gasteiger partial charge in [0.1, 0.15) is 5.15 Å². The molecule has 2 N–H and O–H groups in total. The third-order valence-electron chi connectivity index (χ3n) is 1.66. The quantitative estimate of drug-likeness (QED) is 0.819. The van der Waals surface area contributed by atoms with Gasteiger partial charge in [-0.05, 0) is 20.3 Å². The van der Waals surface area contributed by atoms with E-state index in [-0.39, 0.29) is 12.1 Å². The first-order chi connectivity index (χ1) is 6.03. The predicted molar refractivity (Wildman–Crippen MR) is 56.5 cm³/mol. The molecule has 3 nitrogen and oxygen atoms in total. The molecule has 0 bridgehead atoms. The number of aliphatic hydroxyl groups is 1. The van der Waals surface area contributed by atoms with Gasteiger partial charge < -0.3 is 10.4 Å². The molecule has 0 spiro atoms. The van der Waals surface area contributed by atoms with Crippen molar-refractivity contribution in [3.63, 3.8) is 0 Å². The van der Waals surface area contributed by atoms with Crippen LogP contribution in [-0.2, 0) is 0 Å². The first-order valence-electron chi connectivity index (χ1n) is 4.03. The van der Waals surface area contributed by atoms with E-state index in [0.717, 1.165) is 5.13 Å². The Morgan fingerprint density at radius 2 is 2.38 bits per heavy atom. The predicted octanol–water partition coefficient (Wildman–Crippen LogP) is 2.37. The molecule has 0 saturated heterocycles. The molecule has 1 heterocycles. The van der Waals surface area contributed by atoms with Crippen molar-refractivity contribution in [3.8, 4) is 0 Å². The Labute approximate surface area is 86.8 Å². The van der Waals surface area contributed by atoms with Crippen LogP contribution in [0.3, 0.4) is 0 Å². The van der Waals surface area contributed by atoms with Crippen molar-refractivity contribution in [2.45, 2.75) is 25.8 Å². The number of aliphatic hydroxyl groups excluding tert-OH is 1. The van der Waals surface area contributed by atoms with Crippen molar-refractivity contribution < 1.29 is 5.11 Å². The lowest BCUT2D eigenvalue weighted by atomic mass is 10.0. The van der Waals surface area contributed by atoms with Gasteiger partial charge in [-0.2, -0.15) is 0 Å². The Morgan fingerprint density at radius 1 is 1.69 bits per heavy atom. The average Bonchev–Trinajstić information content (AvgIpc) is 2.34. The highest BCUT2D eigenvalue weighted by Gasteiger charge is 2.17. The molecule has 0 atom stereocenters. The molecule has 1 aromatic rings. The van der Waals surface area contributed by atoms with Crippen molar-refractivity contribution in [1.29, 1.82) is 0 Å². The maximum atomic E-state index is 8.80. The second kappa shape index (κ2) is 4.26. The van der Waals surface area contributed by atoms with Gasteiger partial charge in [0.2, 0.25) is 0 Å². The van der Waals surface area contributed by atoms with Crippen LogP contribution in [0.2, 0.25) is 5.15 Å². The Kier molecular flexibility index (Phi) is 3.53. The minimum Gasteiger partial charge on any atom is -0.396 e. The number of aromatic nitrogens is 1. The van der Waals surface area contributed by atoms with Gasteiger partial charge in [-0.25, -0.2) is 4.98 Å². The van der Waals surface area contributed by atoms with Crippen LogP contribution in [0.15, 0.2) is 5.38 Å². The highest BCUT2D eigenvalue weighted by atomic mass is 35.5. The van der Waals surface area contributed by atoms with Gasteiger partial charge >= 0.3 is 0 Å². The largest absolute Gasteiger partial charge is 0.396 e. The Hall–Kier alpha value is -0.320. The Balaban J connectivity index is 2.57. The molecular weight excluding hydrogens is 208 g/mol. The summed E-state index contributed by atoms with van der Waals surface area (Å²) in [7, 11) is 0. The van der Waals surface area contributed by atoms with Crippen LogP contribution in [0, 0.1) is 0 Å². The second-order valence-corrected chi connectivity index (χ2v) is 4.70. The lowest BCUT2D eigenvalue weighted by Crippen LogP contribution is -2.31. The fraction of sp³-hybridized carbons (Fsp3) is 0.625. The van der Waals surface area contributed by atoms with Crippen molar-refractivity contribution in [2.75, 3.05) is 11.9 Å². The molecule has 1 aromatic heterocycles.